The Morgan fingerprint density at radius 1 is 0.426 bits per heavy atom. The van der Waals surface area contributed by atoms with Gasteiger partial charge in [0.25, 0.3) is 23.6 Å². The molecule has 0 saturated carbocycles. The van der Waals surface area contributed by atoms with Gasteiger partial charge in [0, 0.05) is 139 Å². The predicted octanol–water partition coefficient (Wildman–Crippen LogP) is 18.0. The van der Waals surface area contributed by atoms with E-state index in [0.717, 1.165) is 87.4 Å². The molecule has 10 aromatic carbocycles. The van der Waals surface area contributed by atoms with E-state index in [0.29, 0.717) is 140 Å². The number of hydrogen-bond acceptors (Lipinski definition) is 21. The standard InChI is InChI=1S/C57H59N5O10.C56H55N5O10.3CH3.H2O.Sn/c1-33-20-44-38(18-19-42-25-39-12-6-8-14-47(39)61(42)56(44)67)27-50(33)71-31-36-22-37(24-41(23-36)60-55(66)34(2)21-49(63)35(3)59-53(64)16-10-11-17-54(65)70-5)32-72-52-29-46-45(28-51(52)69-4)57(68)62-43(30-58-46)26-40-13-7-9-15-48(40)62;1-32-19-43-37(17-18-41-24-38-11-5-7-13-46(38)60(41)55(43)67)26-49(32)70-30-35-21-36(23-40(22-35)59-54(66)33(2)20-48(62)34(3)58-52(63)15-9-10-16-53(64)65)31-71-51-28-45-44(27-50(51)69-4)56(68)61-42(29-57-45)25-39-12-6-8-14-47(39)61;;;;;/h6-9,12-15,20,22-24,27-30,34-35,42-43H,10-11,16-19,21,25-26,31-32H2,1-5H3,(H,59,64)(H,60,66);5-8,11-14,17-19,21-23,26-29,33-34,41-42H,9-10,15-16,20,24-25,30-31H2,1-4H3,(H,58,63)(H,59,66)(H,64,65);3*1H3;1H2;/t34-,35+,42-,43+;33-,34+,41-,42+;;;;;/m11...../s1. The first kappa shape index (κ1) is 107. The summed E-state index contributed by atoms with van der Waals surface area (Å²) in [6.45, 7) is 10.5. The Kier molecular flexibility index (Phi) is 34.8. The van der Waals surface area contributed by atoms with Crippen molar-refractivity contribution in [2.45, 2.75) is 222 Å². The van der Waals surface area contributed by atoms with E-state index >= 15 is 0 Å². The average molecular weight is 2110 g/mol. The van der Waals surface area contributed by atoms with Crippen molar-refractivity contribution in [2.24, 2.45) is 21.8 Å². The number of aryl methyl sites for hydroxylation is 3. The summed E-state index contributed by atoms with van der Waals surface area (Å²) in [6, 6.07) is 54.9. The summed E-state index contributed by atoms with van der Waals surface area (Å²) in [7, 11) is 4.33. The van der Waals surface area contributed by atoms with Crippen LogP contribution in [0.1, 0.15) is 207 Å². The first-order chi connectivity index (χ1) is 70.7. The molecule has 8 aliphatic heterocycles. The first-order valence-corrected chi connectivity index (χ1v) is 58.5. The van der Waals surface area contributed by atoms with Gasteiger partial charge in [-0.25, -0.2) is 0 Å². The number of nitrogens with one attached hydrogen (secondary N) is 4. The molecule has 0 aliphatic carbocycles. The van der Waals surface area contributed by atoms with Crippen molar-refractivity contribution >= 4 is 155 Å². The molecule has 7 N–H and O–H groups in total. The van der Waals surface area contributed by atoms with E-state index < -0.39 is 61.5 Å². The number of para-hydroxylation sites is 4. The van der Waals surface area contributed by atoms with Gasteiger partial charge in [-0.2, -0.15) is 0 Å². The molecule has 0 unspecified atom stereocenters. The topological polar surface area (TPSA) is 407 Å². The molecule has 18 rings (SSSR count). The number of nitrogens with zero attached hydrogens (tertiary/aromatic N) is 6. The summed E-state index contributed by atoms with van der Waals surface area (Å²) in [5.74, 6) is -2.75. The molecule has 769 valence electrons. The Balaban J connectivity index is 0.000000213. The number of fused-ring (bicyclic) bond motifs is 16. The number of carbonyl (C=O) groups excluding carboxylic acids is 11. The molecule has 0 fully saturated rings. The average Bonchev–Trinajstić information content (AvgIpc) is 1.62. The van der Waals surface area contributed by atoms with Crippen molar-refractivity contribution in [2.75, 3.05) is 51.6 Å². The van der Waals surface area contributed by atoms with Crippen LogP contribution in [0, 0.1) is 25.7 Å². The van der Waals surface area contributed by atoms with Gasteiger partial charge in [-0.15, -0.1) is 0 Å². The number of amides is 8. The number of hydrogen-bond donors (Lipinski definition) is 5. The molecule has 0 aromatic heterocycles. The molecule has 148 heavy (non-hydrogen) atoms. The number of carboxylic acids is 1. The second kappa shape index (κ2) is 48.0. The summed E-state index contributed by atoms with van der Waals surface area (Å²) in [5.41, 5.74) is 17.9. The van der Waals surface area contributed by atoms with Gasteiger partial charge in [0.15, 0.2) is 34.6 Å². The minimum absolute atomic E-state index is 0. The Bertz CT molecular complexity index is 6910. The van der Waals surface area contributed by atoms with Gasteiger partial charge >= 0.3 is 46.5 Å². The number of unbranched alkanes of at least 4 members (excludes halogenated alkanes) is 2. The van der Waals surface area contributed by atoms with E-state index in [1.165, 1.54) is 26.9 Å². The third-order valence-electron chi connectivity index (χ3n) is 27.4. The van der Waals surface area contributed by atoms with Crippen LogP contribution in [0.2, 0.25) is 14.8 Å². The monoisotopic (exact) mass is 2110 g/mol. The van der Waals surface area contributed by atoms with Crippen LogP contribution >= 0.6 is 0 Å². The Hall–Kier alpha value is -15.1. The minimum atomic E-state index is -0.935. The molecular formula is C116H125N10O21Sn. The molecule has 32 heteroatoms. The van der Waals surface area contributed by atoms with Crippen molar-refractivity contribution in [3.63, 3.8) is 0 Å². The number of carbonyl (C=O) groups is 12. The zero-order valence-electron chi connectivity index (χ0n) is 85.3. The van der Waals surface area contributed by atoms with E-state index in [1.54, 1.807) is 98.5 Å². The normalized spacial score (nSPS) is 16.5. The van der Waals surface area contributed by atoms with Crippen molar-refractivity contribution in [1.82, 2.24) is 10.6 Å². The third kappa shape index (κ3) is 25.0. The van der Waals surface area contributed by atoms with E-state index in [9.17, 15) is 57.5 Å². The predicted molar refractivity (Wildman–Crippen MR) is 569 cm³/mol. The molecule has 31 nitrogen and oxygen atoms in total. The van der Waals surface area contributed by atoms with Crippen LogP contribution in [0.25, 0.3) is 6.08 Å². The molecule has 0 spiro atoms. The van der Waals surface area contributed by atoms with Crippen molar-refractivity contribution in [1.29, 1.82) is 0 Å². The van der Waals surface area contributed by atoms with Crippen molar-refractivity contribution < 1.29 is 101 Å². The molecule has 10 aromatic rings. The fraction of sp³-hybridized carbons (Fsp3) is 0.345. The van der Waals surface area contributed by atoms with E-state index in [4.69, 9.17) is 43.5 Å². The third-order valence-corrected chi connectivity index (χ3v) is 27.4. The Morgan fingerprint density at radius 3 is 1.24 bits per heavy atom. The molecule has 0 saturated heterocycles. The van der Waals surface area contributed by atoms with Crippen LogP contribution in [-0.2, 0) is 102 Å². The van der Waals surface area contributed by atoms with Crippen LogP contribution in [0.4, 0.5) is 45.5 Å². The number of ether oxygens (including phenoxy) is 7. The molecule has 8 aliphatic rings. The summed E-state index contributed by atoms with van der Waals surface area (Å²) in [4.78, 5) is 181. The summed E-state index contributed by atoms with van der Waals surface area (Å²) in [6.07, 6.45) is 13.9. The van der Waals surface area contributed by atoms with Crippen LogP contribution in [-0.4, -0.2) is 171 Å². The molecule has 8 heterocycles. The van der Waals surface area contributed by atoms with Crippen LogP contribution < -0.4 is 69.3 Å². The summed E-state index contributed by atoms with van der Waals surface area (Å²) in [5, 5.41) is 20.2. The molecule has 1 radical (unpaired) electrons. The number of aliphatic carboxylic acids is 1. The number of benzene rings is 10. The van der Waals surface area contributed by atoms with Crippen molar-refractivity contribution in [3.05, 3.63) is 277 Å². The van der Waals surface area contributed by atoms with Gasteiger partial charge < -0.3 is 74.8 Å². The first-order valence-electron chi connectivity index (χ1n) is 50.0. The number of esters is 1. The SMILES string of the molecule is COC(=O)CCCCC(=O)N[C@@H](C)C(=O)C[C@@H](C)C(=O)Nc1cc(COc2cc3c(cc2C)C(=O)N2c4ccccc4C[C@H]2CC3)cc(COc2cc3c(cc2OC)C(=O)N2c4ccccc4C[C@H]2C=N3)c1.COc1cc2c(cc1OCc1cc(COc3cc4c(cc3C)C(=O)N3c5ccccc5C[C@H]3C=C4)cc(NC(=O)[C@H](C)CC(=O)[C@H](C)NC(=O)CCCCC(=O)O)c1)N=C[C@@H]1Cc3ccccc3N1C2=O.O.[CH3][Sn]([CH3])[CH3]. The molecule has 8 atom stereocenters. The van der Waals surface area contributed by atoms with Gasteiger partial charge in [0.1, 0.15) is 37.9 Å². The fourth-order valence-electron chi connectivity index (χ4n) is 19.8. The van der Waals surface area contributed by atoms with Crippen LogP contribution in [0.5, 0.6) is 34.5 Å². The molecule has 0 bridgehead atoms. The van der Waals surface area contributed by atoms with Crippen molar-refractivity contribution in [3.8, 4) is 34.5 Å². The van der Waals surface area contributed by atoms with Gasteiger partial charge in [-0.1, -0.05) is 98.8 Å². The summed E-state index contributed by atoms with van der Waals surface area (Å²) >= 11 is -0.543. The maximum absolute atomic E-state index is 14.1. The Morgan fingerprint density at radius 2 is 0.804 bits per heavy atom. The van der Waals surface area contributed by atoms with Crippen LogP contribution in [0.3, 0.4) is 0 Å². The number of Topliss-reactive ketones (excluding diaryl/α,β-unsaturated/α-hetero) is 2. The number of methoxy groups -OCH3 is 3. The van der Waals surface area contributed by atoms with Gasteiger partial charge in [0.05, 0.1) is 74.0 Å². The number of anilines is 6. The molecule has 8 amide bonds. The van der Waals surface area contributed by atoms with E-state index in [-0.39, 0.29) is 148 Å². The number of ketones is 2. The maximum atomic E-state index is 14.1. The van der Waals surface area contributed by atoms with Crippen LogP contribution in [0.15, 0.2) is 198 Å². The van der Waals surface area contributed by atoms with Gasteiger partial charge in [-0.3, -0.25) is 77.3 Å². The second-order valence-corrected chi connectivity index (χ2v) is 47.7. The fourth-order valence-corrected chi connectivity index (χ4v) is 19.8. The number of rotatable bonds is 36. The van der Waals surface area contributed by atoms with E-state index in [1.807, 2.05) is 151 Å². The van der Waals surface area contributed by atoms with Gasteiger partial charge in [0.2, 0.25) is 23.6 Å². The quantitative estimate of drug-likeness (QED) is 0.0138. The Labute approximate surface area is 867 Å². The number of aliphatic imine (C=N–C) groups is 2. The number of carboxylic acid groups (broad SMARTS) is 1. The molecular weight excluding hydrogens is 1990 g/mol. The van der Waals surface area contributed by atoms with Gasteiger partial charge in [-0.05, 0) is 243 Å². The summed E-state index contributed by atoms with van der Waals surface area (Å²) < 4.78 is 42.0. The van der Waals surface area contributed by atoms with E-state index in [2.05, 4.69) is 59.0 Å². The zero-order valence-corrected chi connectivity index (χ0v) is 88.1. The second-order valence-electron chi connectivity index (χ2n) is 39.2. The zero-order chi connectivity index (χ0) is 104.